The zero-order valence-corrected chi connectivity index (χ0v) is 13.3. The summed E-state index contributed by atoms with van der Waals surface area (Å²) in [5.41, 5.74) is 2.45. The normalized spacial score (nSPS) is 26.6. The van der Waals surface area contributed by atoms with Crippen LogP contribution in [-0.2, 0) is 9.53 Å². The van der Waals surface area contributed by atoms with Crippen molar-refractivity contribution < 1.29 is 9.53 Å². The lowest BCUT2D eigenvalue weighted by Gasteiger charge is -2.31. The van der Waals surface area contributed by atoms with Crippen LogP contribution in [0.1, 0.15) is 38.2 Å². The molecule has 0 aromatic heterocycles. The van der Waals surface area contributed by atoms with E-state index in [1.54, 1.807) is 6.08 Å². The summed E-state index contributed by atoms with van der Waals surface area (Å²) in [7, 11) is 0. The lowest BCUT2D eigenvalue weighted by molar-refractivity contribution is -0.137. The number of allylic oxidation sites excluding steroid dienone is 1. The Labute approximate surface area is 131 Å². The number of thioether (sulfide) groups is 1. The molecule has 1 fully saturated rings. The lowest BCUT2D eigenvalue weighted by atomic mass is 9.74. The van der Waals surface area contributed by atoms with Crippen molar-refractivity contribution in [2.75, 3.05) is 12.4 Å². The van der Waals surface area contributed by atoms with Crippen molar-refractivity contribution in [2.24, 2.45) is 11.8 Å². The number of hydrogen-bond donors (Lipinski definition) is 0. The second kappa shape index (κ2) is 6.69. The van der Waals surface area contributed by atoms with Crippen LogP contribution < -0.4 is 0 Å². The van der Waals surface area contributed by atoms with Crippen molar-refractivity contribution >= 4 is 23.3 Å². The third-order valence-corrected chi connectivity index (χ3v) is 5.78. The molecule has 21 heavy (non-hydrogen) atoms. The number of benzene rings is 1. The maximum absolute atomic E-state index is 12.0. The molecular formula is C18H22O2S. The van der Waals surface area contributed by atoms with Crippen molar-refractivity contribution in [3.8, 4) is 0 Å². The van der Waals surface area contributed by atoms with E-state index in [4.69, 9.17) is 4.74 Å². The molecule has 2 aliphatic rings. The maximum atomic E-state index is 12.0. The van der Waals surface area contributed by atoms with Gasteiger partial charge in [-0.1, -0.05) is 31.0 Å². The van der Waals surface area contributed by atoms with E-state index in [1.807, 2.05) is 18.7 Å². The summed E-state index contributed by atoms with van der Waals surface area (Å²) in [5, 5.41) is 0. The zero-order chi connectivity index (χ0) is 14.7. The molecule has 0 amide bonds. The van der Waals surface area contributed by atoms with Crippen LogP contribution in [-0.4, -0.2) is 18.3 Å². The summed E-state index contributed by atoms with van der Waals surface area (Å²) in [4.78, 5) is 13.3. The van der Waals surface area contributed by atoms with Crippen LogP contribution in [0.2, 0.25) is 0 Å². The molecule has 2 atom stereocenters. The lowest BCUT2D eigenvalue weighted by Crippen LogP contribution is -2.22. The van der Waals surface area contributed by atoms with E-state index in [1.165, 1.54) is 47.5 Å². The Morgan fingerprint density at radius 3 is 3.00 bits per heavy atom. The molecule has 3 rings (SSSR count). The van der Waals surface area contributed by atoms with Gasteiger partial charge in [0.1, 0.15) is 0 Å². The van der Waals surface area contributed by atoms with Gasteiger partial charge < -0.3 is 4.74 Å². The Morgan fingerprint density at radius 1 is 1.33 bits per heavy atom. The maximum Gasteiger partial charge on any atom is 0.331 e. The minimum absolute atomic E-state index is 0.196. The Hall–Kier alpha value is -1.22. The largest absolute Gasteiger partial charge is 0.463 e. The van der Waals surface area contributed by atoms with E-state index >= 15 is 0 Å². The molecule has 1 heterocycles. The first kappa shape index (κ1) is 14.7. The van der Waals surface area contributed by atoms with Gasteiger partial charge in [0.2, 0.25) is 0 Å². The summed E-state index contributed by atoms with van der Waals surface area (Å²) in [5.74, 6) is 2.18. The van der Waals surface area contributed by atoms with E-state index in [9.17, 15) is 4.79 Å². The summed E-state index contributed by atoms with van der Waals surface area (Å²) < 4.78 is 5.16. The molecule has 0 saturated heterocycles. The van der Waals surface area contributed by atoms with Gasteiger partial charge in [-0.15, -0.1) is 11.8 Å². The quantitative estimate of drug-likeness (QED) is 0.592. The first-order valence-corrected chi connectivity index (χ1v) is 8.88. The minimum atomic E-state index is -0.196. The number of carbonyl (C=O) groups is 1. The predicted molar refractivity (Wildman–Crippen MR) is 87.2 cm³/mol. The van der Waals surface area contributed by atoms with Crippen LogP contribution in [0.3, 0.4) is 0 Å². The molecule has 1 aromatic carbocycles. The third-order valence-electron chi connectivity index (χ3n) is 4.52. The van der Waals surface area contributed by atoms with E-state index in [2.05, 4.69) is 24.3 Å². The summed E-state index contributed by atoms with van der Waals surface area (Å²) in [6.45, 7) is 2.30. The van der Waals surface area contributed by atoms with Gasteiger partial charge in [-0.25, -0.2) is 4.79 Å². The van der Waals surface area contributed by atoms with Crippen molar-refractivity contribution in [3.05, 3.63) is 35.9 Å². The molecule has 1 aromatic rings. The average molecular weight is 302 g/mol. The first-order valence-electron chi connectivity index (χ1n) is 7.90. The number of rotatable bonds is 2. The minimum Gasteiger partial charge on any atom is -0.463 e. The van der Waals surface area contributed by atoms with Gasteiger partial charge in [0, 0.05) is 16.7 Å². The topological polar surface area (TPSA) is 26.3 Å². The highest BCUT2D eigenvalue weighted by molar-refractivity contribution is 7.99. The van der Waals surface area contributed by atoms with Gasteiger partial charge in [0.15, 0.2) is 0 Å². The van der Waals surface area contributed by atoms with Gasteiger partial charge in [-0.05, 0) is 48.8 Å². The summed E-state index contributed by atoms with van der Waals surface area (Å²) in [6, 6.07) is 8.49. The highest BCUT2D eigenvalue weighted by Gasteiger charge is 2.32. The van der Waals surface area contributed by atoms with Gasteiger partial charge in [0.05, 0.1) is 6.61 Å². The molecule has 0 bridgehead atoms. The monoisotopic (exact) mass is 302 g/mol. The number of esters is 1. The fraction of sp³-hybridized carbons (Fsp3) is 0.500. The highest BCUT2D eigenvalue weighted by Crippen LogP contribution is 2.47. The van der Waals surface area contributed by atoms with Gasteiger partial charge >= 0.3 is 5.97 Å². The summed E-state index contributed by atoms with van der Waals surface area (Å²) >= 11 is 1.95. The average Bonchev–Trinajstić information content (AvgIpc) is 2.66. The Kier molecular flexibility index (Phi) is 4.69. The molecular weight excluding hydrogens is 280 g/mol. The second-order valence-corrected chi connectivity index (χ2v) is 6.87. The molecule has 0 unspecified atom stereocenters. The molecule has 1 saturated carbocycles. The SMILES string of the molecule is CCOC(=O)/C=C1\c2ccccc2SC[C@@H]2CCCC[C@H]12. The van der Waals surface area contributed by atoms with Crippen LogP contribution >= 0.6 is 11.8 Å². The zero-order valence-electron chi connectivity index (χ0n) is 12.5. The first-order chi connectivity index (χ1) is 10.3. The van der Waals surface area contributed by atoms with Gasteiger partial charge in [0.25, 0.3) is 0 Å². The van der Waals surface area contributed by atoms with Crippen molar-refractivity contribution in [2.45, 2.75) is 37.5 Å². The molecule has 0 radical (unpaired) electrons. The van der Waals surface area contributed by atoms with Gasteiger partial charge in [-0.2, -0.15) is 0 Å². The Morgan fingerprint density at radius 2 is 2.14 bits per heavy atom. The molecule has 0 N–H and O–H groups in total. The molecule has 1 aliphatic carbocycles. The van der Waals surface area contributed by atoms with E-state index in [0.29, 0.717) is 18.4 Å². The van der Waals surface area contributed by atoms with Crippen LogP contribution in [0.15, 0.2) is 35.2 Å². The predicted octanol–water partition coefficient (Wildman–Crippen LogP) is 4.55. The molecule has 112 valence electrons. The number of ether oxygens (including phenoxy) is 1. The van der Waals surface area contributed by atoms with E-state index in [0.717, 1.165) is 0 Å². The van der Waals surface area contributed by atoms with Crippen LogP contribution in [0.4, 0.5) is 0 Å². The van der Waals surface area contributed by atoms with Crippen LogP contribution in [0.25, 0.3) is 5.57 Å². The standard InChI is InChI=1S/C18H22O2S/c1-2-20-18(19)11-16-14-8-4-3-7-13(14)12-21-17-10-6-5-9-15(16)17/h5-6,9-11,13-14H,2-4,7-8,12H2,1H3/b16-11-/t13-,14-/m0/s1. The van der Waals surface area contributed by atoms with Crippen LogP contribution in [0, 0.1) is 11.8 Å². The van der Waals surface area contributed by atoms with Crippen LogP contribution in [0.5, 0.6) is 0 Å². The molecule has 1 aliphatic heterocycles. The molecule has 0 spiro atoms. The number of hydrogen-bond acceptors (Lipinski definition) is 3. The fourth-order valence-corrected chi connectivity index (χ4v) is 4.85. The van der Waals surface area contributed by atoms with E-state index in [-0.39, 0.29) is 5.97 Å². The Balaban J connectivity index is 2.02. The third kappa shape index (κ3) is 3.18. The summed E-state index contributed by atoms with van der Waals surface area (Å²) in [6.07, 6.45) is 6.84. The smallest absolute Gasteiger partial charge is 0.331 e. The molecule has 3 heteroatoms. The number of fused-ring (bicyclic) bond motifs is 2. The number of carbonyl (C=O) groups excluding carboxylic acids is 1. The van der Waals surface area contributed by atoms with E-state index < -0.39 is 0 Å². The second-order valence-electron chi connectivity index (χ2n) is 5.81. The van der Waals surface area contributed by atoms with Crippen molar-refractivity contribution in [1.29, 1.82) is 0 Å². The molecule has 2 nitrogen and oxygen atoms in total. The highest BCUT2D eigenvalue weighted by atomic mass is 32.2. The Bertz CT molecular complexity index is 550. The van der Waals surface area contributed by atoms with Crippen molar-refractivity contribution in [3.63, 3.8) is 0 Å². The van der Waals surface area contributed by atoms with Gasteiger partial charge in [-0.3, -0.25) is 0 Å². The fourth-order valence-electron chi connectivity index (χ4n) is 3.54. The van der Waals surface area contributed by atoms with Crippen molar-refractivity contribution in [1.82, 2.24) is 0 Å².